The number of hydrogen-bond donors (Lipinski definition) is 1. The highest BCUT2D eigenvalue weighted by atomic mass is 19.3. The van der Waals surface area contributed by atoms with Crippen LogP contribution in [0.5, 0.6) is 11.5 Å². The molecule has 2 aromatic rings. The zero-order chi connectivity index (χ0) is 20.5. The molecular weight excluding hydrogens is 372 g/mol. The first kappa shape index (κ1) is 21.1. The predicted molar refractivity (Wildman–Crippen MR) is 98.5 cm³/mol. The Bertz CT molecular complexity index is 795. The van der Waals surface area contributed by atoms with Gasteiger partial charge in [0.05, 0.1) is 18.7 Å². The third-order valence-corrected chi connectivity index (χ3v) is 3.63. The van der Waals surface area contributed by atoms with E-state index < -0.39 is 24.6 Å². The lowest BCUT2D eigenvalue weighted by atomic mass is 10.2. The van der Waals surface area contributed by atoms with Crippen molar-refractivity contribution in [1.82, 2.24) is 0 Å². The van der Waals surface area contributed by atoms with Gasteiger partial charge in [-0.3, -0.25) is 9.59 Å². The van der Waals surface area contributed by atoms with Crippen LogP contribution in [-0.2, 0) is 14.3 Å². The number of alkyl halides is 2. The van der Waals surface area contributed by atoms with Gasteiger partial charge in [0.2, 0.25) is 0 Å². The third-order valence-electron chi connectivity index (χ3n) is 3.63. The summed E-state index contributed by atoms with van der Waals surface area (Å²) < 4.78 is 39.6. The van der Waals surface area contributed by atoms with E-state index in [4.69, 9.17) is 9.47 Å². The van der Waals surface area contributed by atoms with Crippen LogP contribution in [0.25, 0.3) is 0 Å². The molecule has 28 heavy (non-hydrogen) atoms. The Hall–Kier alpha value is -3.16. The summed E-state index contributed by atoms with van der Waals surface area (Å²) in [6.07, 6.45) is -1.16. The van der Waals surface area contributed by atoms with Crippen molar-refractivity contribution in [3.05, 3.63) is 54.1 Å². The van der Waals surface area contributed by atoms with Gasteiger partial charge in [0, 0.05) is 0 Å². The van der Waals surface area contributed by atoms with Crippen molar-refractivity contribution in [2.24, 2.45) is 0 Å². The van der Waals surface area contributed by atoms with E-state index in [1.165, 1.54) is 25.1 Å². The van der Waals surface area contributed by atoms with E-state index in [0.29, 0.717) is 5.75 Å². The number of carbonyl (C=O) groups is 2. The third kappa shape index (κ3) is 6.86. The fourth-order valence-corrected chi connectivity index (χ4v) is 2.20. The van der Waals surface area contributed by atoms with Gasteiger partial charge < -0.3 is 19.5 Å². The van der Waals surface area contributed by atoms with Gasteiger partial charge in [-0.25, -0.2) is 0 Å². The van der Waals surface area contributed by atoms with Crippen LogP contribution in [0.1, 0.15) is 18.9 Å². The molecule has 0 unspecified atom stereocenters. The quantitative estimate of drug-likeness (QED) is 0.654. The molecule has 0 spiro atoms. The summed E-state index contributed by atoms with van der Waals surface area (Å²) >= 11 is 0. The predicted octanol–water partition coefficient (Wildman–Crippen LogP) is 3.94. The topological polar surface area (TPSA) is 73.9 Å². The van der Waals surface area contributed by atoms with Crippen molar-refractivity contribution in [3.63, 3.8) is 0 Å². The SMILES string of the molecule is Cc1ccc(OCCC(=O)O[C@@H](C)C(=O)Nc2ccccc2OC(F)F)cc1. The van der Waals surface area contributed by atoms with Crippen molar-refractivity contribution >= 4 is 17.6 Å². The molecule has 0 aromatic heterocycles. The van der Waals surface area contributed by atoms with Crippen LogP contribution in [-0.4, -0.2) is 31.2 Å². The summed E-state index contributed by atoms with van der Waals surface area (Å²) in [6.45, 7) is 0.402. The second-order valence-electron chi connectivity index (χ2n) is 5.91. The summed E-state index contributed by atoms with van der Waals surface area (Å²) in [5.41, 5.74) is 1.14. The monoisotopic (exact) mass is 393 g/mol. The number of hydrogen-bond acceptors (Lipinski definition) is 5. The average molecular weight is 393 g/mol. The summed E-state index contributed by atoms with van der Waals surface area (Å²) in [6, 6.07) is 13.1. The second-order valence-corrected chi connectivity index (χ2v) is 5.91. The molecule has 1 atom stereocenters. The van der Waals surface area contributed by atoms with Crippen LogP contribution in [0, 0.1) is 6.92 Å². The van der Waals surface area contributed by atoms with Crippen molar-refractivity contribution < 1.29 is 32.6 Å². The fraction of sp³-hybridized carbons (Fsp3) is 0.300. The molecule has 0 aliphatic carbocycles. The highest BCUT2D eigenvalue weighted by molar-refractivity contribution is 5.96. The Balaban J connectivity index is 1.80. The molecule has 1 N–H and O–H groups in total. The highest BCUT2D eigenvalue weighted by Crippen LogP contribution is 2.25. The van der Waals surface area contributed by atoms with Gasteiger partial charge in [-0.1, -0.05) is 29.8 Å². The molecule has 0 heterocycles. The van der Waals surface area contributed by atoms with E-state index >= 15 is 0 Å². The molecule has 2 aromatic carbocycles. The minimum absolute atomic E-state index is 0.0451. The van der Waals surface area contributed by atoms with Gasteiger partial charge in [-0.05, 0) is 38.1 Å². The number of rotatable bonds is 9. The number of esters is 1. The normalized spacial score (nSPS) is 11.6. The lowest BCUT2D eigenvalue weighted by molar-refractivity contribution is -0.153. The van der Waals surface area contributed by atoms with Gasteiger partial charge in [0.1, 0.15) is 11.5 Å². The Morgan fingerprint density at radius 1 is 1.07 bits per heavy atom. The maximum atomic E-state index is 12.4. The van der Waals surface area contributed by atoms with Crippen molar-refractivity contribution in [2.45, 2.75) is 33.0 Å². The average Bonchev–Trinajstić information content (AvgIpc) is 2.64. The van der Waals surface area contributed by atoms with Gasteiger partial charge >= 0.3 is 12.6 Å². The van der Waals surface area contributed by atoms with E-state index in [1.54, 1.807) is 18.2 Å². The molecule has 8 heteroatoms. The van der Waals surface area contributed by atoms with Crippen molar-refractivity contribution in [3.8, 4) is 11.5 Å². The zero-order valence-electron chi connectivity index (χ0n) is 15.5. The maximum Gasteiger partial charge on any atom is 0.387 e. The summed E-state index contributed by atoms with van der Waals surface area (Å²) in [4.78, 5) is 24.0. The highest BCUT2D eigenvalue weighted by Gasteiger charge is 2.20. The molecule has 0 bridgehead atoms. The number of benzene rings is 2. The summed E-state index contributed by atoms with van der Waals surface area (Å²) in [5, 5.41) is 2.40. The number of carbonyl (C=O) groups excluding carboxylic acids is 2. The minimum atomic E-state index is -3.03. The fourth-order valence-electron chi connectivity index (χ4n) is 2.20. The van der Waals surface area contributed by atoms with Crippen molar-refractivity contribution in [2.75, 3.05) is 11.9 Å². The van der Waals surface area contributed by atoms with Gasteiger partial charge in [-0.2, -0.15) is 8.78 Å². The first-order chi connectivity index (χ1) is 13.3. The van der Waals surface area contributed by atoms with Gasteiger partial charge in [0.25, 0.3) is 5.91 Å². The van der Waals surface area contributed by atoms with Crippen LogP contribution < -0.4 is 14.8 Å². The largest absolute Gasteiger partial charge is 0.493 e. The number of nitrogens with one attached hydrogen (secondary N) is 1. The molecule has 0 aliphatic rings. The number of amides is 1. The Morgan fingerprint density at radius 3 is 2.43 bits per heavy atom. The Kier molecular flexibility index (Phi) is 7.74. The maximum absolute atomic E-state index is 12.4. The first-order valence-corrected chi connectivity index (χ1v) is 8.59. The molecule has 0 radical (unpaired) electrons. The Morgan fingerprint density at radius 2 is 1.75 bits per heavy atom. The first-order valence-electron chi connectivity index (χ1n) is 8.59. The van der Waals surface area contributed by atoms with Crippen molar-refractivity contribution in [1.29, 1.82) is 0 Å². The molecule has 0 aliphatic heterocycles. The molecule has 2 rings (SSSR count). The van der Waals surface area contributed by atoms with Crippen LogP contribution in [0.15, 0.2) is 48.5 Å². The Labute approximate surface area is 161 Å². The van der Waals surface area contributed by atoms with Gasteiger partial charge in [-0.15, -0.1) is 0 Å². The summed E-state index contributed by atoms with van der Waals surface area (Å²) in [5.74, 6) is -0.847. The van der Waals surface area contributed by atoms with Crippen LogP contribution in [0.4, 0.5) is 14.5 Å². The second kappa shape index (κ2) is 10.2. The molecule has 1 amide bonds. The number of para-hydroxylation sites is 2. The smallest absolute Gasteiger partial charge is 0.387 e. The van der Waals surface area contributed by atoms with E-state index in [9.17, 15) is 18.4 Å². The number of ether oxygens (including phenoxy) is 3. The van der Waals surface area contributed by atoms with E-state index in [1.807, 2.05) is 19.1 Å². The molecule has 6 nitrogen and oxygen atoms in total. The van der Waals surface area contributed by atoms with E-state index in [2.05, 4.69) is 10.1 Å². The molecule has 150 valence electrons. The molecule has 0 saturated carbocycles. The molecule has 0 fully saturated rings. The van der Waals surface area contributed by atoms with Crippen LogP contribution in [0.2, 0.25) is 0 Å². The van der Waals surface area contributed by atoms with E-state index in [0.717, 1.165) is 5.56 Å². The lowest BCUT2D eigenvalue weighted by Gasteiger charge is -2.16. The van der Waals surface area contributed by atoms with E-state index in [-0.39, 0.29) is 24.5 Å². The number of halogens is 2. The summed E-state index contributed by atoms with van der Waals surface area (Å²) in [7, 11) is 0. The number of anilines is 1. The zero-order valence-corrected chi connectivity index (χ0v) is 15.5. The minimum Gasteiger partial charge on any atom is -0.493 e. The molecular formula is C20H21F2NO5. The van der Waals surface area contributed by atoms with Gasteiger partial charge in [0.15, 0.2) is 6.10 Å². The lowest BCUT2D eigenvalue weighted by Crippen LogP contribution is -2.30. The number of aryl methyl sites for hydroxylation is 1. The standard InChI is InChI=1S/C20H21F2NO5/c1-13-7-9-15(10-8-13)26-12-11-18(24)27-14(2)19(25)23-16-5-3-4-6-17(16)28-20(21)22/h3-10,14,20H,11-12H2,1-2H3,(H,23,25)/t14-/m0/s1. The van der Waals surface area contributed by atoms with Crippen LogP contribution in [0.3, 0.4) is 0 Å². The molecule has 0 saturated heterocycles. The van der Waals surface area contributed by atoms with Crippen LogP contribution >= 0.6 is 0 Å².